The molecule has 2 aromatic rings. The minimum Gasteiger partial charge on any atom is -0.361 e. The molecule has 9 nitrogen and oxygen atoms in total. The summed E-state index contributed by atoms with van der Waals surface area (Å²) in [6.45, 7) is 9.93. The third-order valence-corrected chi connectivity index (χ3v) is 7.62. The molecule has 1 saturated heterocycles. The maximum Gasteiger partial charge on any atom is 0.243 e. The zero-order chi connectivity index (χ0) is 31.6. The molecule has 43 heavy (non-hydrogen) atoms. The van der Waals surface area contributed by atoms with E-state index in [1.165, 1.54) is 0 Å². The number of rotatable bonds is 17. The lowest BCUT2D eigenvalue weighted by Crippen LogP contribution is -2.58. The van der Waals surface area contributed by atoms with Gasteiger partial charge in [-0.05, 0) is 55.6 Å². The maximum atomic E-state index is 13.7. The predicted octanol–water partition coefficient (Wildman–Crippen LogP) is 3.09. The lowest BCUT2D eigenvalue weighted by molar-refractivity contribution is -0.134. The highest BCUT2D eigenvalue weighted by molar-refractivity contribution is 5.98. The largest absolute Gasteiger partial charge is 0.361 e. The van der Waals surface area contributed by atoms with Crippen LogP contribution in [0.4, 0.5) is 0 Å². The standard InChI is InChI=1S/C34H48N4O5/c1-22(2)18-27(30(39)34(5)21-43-34)36-33(42)29(20-25-14-10-7-11-15-25)38-32(41)28(19-23(3)4)37-31(40)26(35)17-16-24-12-8-6-9-13-24/h6-15,22-23,26-29H,16-21,35H2,1-5H3,(H,36,42)(H,37,40)(H,38,41)/t26-,27-,28?,29-,34+/m0/s1. The van der Waals surface area contributed by atoms with Crippen molar-refractivity contribution in [1.29, 1.82) is 0 Å². The molecule has 1 aliphatic heterocycles. The molecule has 1 unspecified atom stereocenters. The first-order valence-corrected chi connectivity index (χ1v) is 15.3. The quantitative estimate of drug-likeness (QED) is 0.208. The second kappa shape index (κ2) is 15.8. The van der Waals surface area contributed by atoms with Gasteiger partial charge in [0.25, 0.3) is 0 Å². The van der Waals surface area contributed by atoms with E-state index in [-0.39, 0.29) is 24.0 Å². The number of hydrogen-bond acceptors (Lipinski definition) is 6. The number of ketones is 1. The van der Waals surface area contributed by atoms with Crippen LogP contribution in [0.2, 0.25) is 0 Å². The van der Waals surface area contributed by atoms with Crippen molar-refractivity contribution >= 4 is 23.5 Å². The Hall–Kier alpha value is -3.56. The van der Waals surface area contributed by atoms with E-state index in [4.69, 9.17) is 10.5 Å². The number of aryl methyl sites for hydroxylation is 1. The van der Waals surface area contributed by atoms with Gasteiger partial charge in [-0.25, -0.2) is 0 Å². The van der Waals surface area contributed by atoms with Crippen molar-refractivity contribution in [1.82, 2.24) is 16.0 Å². The summed E-state index contributed by atoms with van der Waals surface area (Å²) in [7, 11) is 0. The molecule has 0 bridgehead atoms. The Labute approximate surface area is 255 Å². The molecule has 0 saturated carbocycles. The molecule has 3 amide bonds. The summed E-state index contributed by atoms with van der Waals surface area (Å²) < 4.78 is 5.37. The Bertz CT molecular complexity index is 1210. The molecule has 1 heterocycles. The van der Waals surface area contributed by atoms with Crippen molar-refractivity contribution < 1.29 is 23.9 Å². The van der Waals surface area contributed by atoms with Gasteiger partial charge in [-0.1, -0.05) is 88.4 Å². The number of nitrogens with one attached hydrogen (secondary N) is 3. The number of ether oxygens (including phenoxy) is 1. The Balaban J connectivity index is 1.74. The third kappa shape index (κ3) is 10.9. The molecule has 0 spiro atoms. The normalized spacial score (nSPS) is 18.8. The highest BCUT2D eigenvalue weighted by atomic mass is 16.6. The number of carbonyl (C=O) groups is 4. The lowest BCUT2D eigenvalue weighted by atomic mass is 9.93. The molecule has 0 aliphatic carbocycles. The van der Waals surface area contributed by atoms with Crippen LogP contribution in [0.5, 0.6) is 0 Å². The molecule has 3 rings (SSSR count). The number of epoxide rings is 1. The number of hydrogen-bond donors (Lipinski definition) is 4. The number of carbonyl (C=O) groups excluding carboxylic acids is 4. The van der Waals surface area contributed by atoms with Gasteiger partial charge in [0.2, 0.25) is 17.7 Å². The van der Waals surface area contributed by atoms with Crippen molar-refractivity contribution in [3.8, 4) is 0 Å². The summed E-state index contributed by atoms with van der Waals surface area (Å²) in [4.78, 5) is 53.6. The summed E-state index contributed by atoms with van der Waals surface area (Å²) in [6.07, 6.45) is 2.10. The minimum absolute atomic E-state index is 0.0883. The van der Waals surface area contributed by atoms with Crippen LogP contribution in [0, 0.1) is 11.8 Å². The van der Waals surface area contributed by atoms with Crippen LogP contribution in [0.15, 0.2) is 60.7 Å². The fraction of sp³-hybridized carbons (Fsp3) is 0.529. The first-order valence-electron chi connectivity index (χ1n) is 15.3. The van der Waals surface area contributed by atoms with Gasteiger partial charge in [0.1, 0.15) is 17.7 Å². The average molecular weight is 593 g/mol. The summed E-state index contributed by atoms with van der Waals surface area (Å²) in [6, 6.07) is 15.7. The molecule has 9 heteroatoms. The topological polar surface area (TPSA) is 143 Å². The zero-order valence-corrected chi connectivity index (χ0v) is 26.1. The SMILES string of the molecule is CC(C)CC(NC(=O)[C@@H](N)CCc1ccccc1)C(=O)N[C@@H](Cc1ccccc1)C(=O)N[C@@H](CC(C)C)C(=O)[C@@]1(C)CO1. The van der Waals surface area contributed by atoms with E-state index in [9.17, 15) is 19.2 Å². The highest BCUT2D eigenvalue weighted by Crippen LogP contribution is 2.29. The van der Waals surface area contributed by atoms with E-state index in [1.807, 2.05) is 88.4 Å². The van der Waals surface area contributed by atoms with Gasteiger partial charge in [0, 0.05) is 6.42 Å². The fourth-order valence-corrected chi connectivity index (χ4v) is 5.01. The molecule has 1 aliphatic rings. The summed E-state index contributed by atoms with van der Waals surface area (Å²) >= 11 is 0. The van der Waals surface area contributed by atoms with Gasteiger partial charge in [0.15, 0.2) is 5.78 Å². The minimum atomic E-state index is -0.969. The zero-order valence-electron chi connectivity index (χ0n) is 26.1. The van der Waals surface area contributed by atoms with Gasteiger partial charge in [-0.2, -0.15) is 0 Å². The highest BCUT2D eigenvalue weighted by Gasteiger charge is 2.50. The van der Waals surface area contributed by atoms with Crippen LogP contribution in [0.3, 0.4) is 0 Å². The van der Waals surface area contributed by atoms with E-state index in [0.29, 0.717) is 32.3 Å². The summed E-state index contributed by atoms with van der Waals surface area (Å²) in [5.41, 5.74) is 7.24. The van der Waals surface area contributed by atoms with Crippen LogP contribution >= 0.6 is 0 Å². The Morgan fingerprint density at radius 1 is 0.744 bits per heavy atom. The Morgan fingerprint density at radius 2 is 1.21 bits per heavy atom. The first kappa shape index (κ1) is 33.9. The molecule has 0 aromatic heterocycles. The van der Waals surface area contributed by atoms with E-state index in [2.05, 4.69) is 16.0 Å². The van der Waals surface area contributed by atoms with Gasteiger partial charge in [0.05, 0.1) is 18.7 Å². The second-order valence-electron chi connectivity index (χ2n) is 12.6. The van der Waals surface area contributed by atoms with E-state index >= 15 is 0 Å². The van der Waals surface area contributed by atoms with Crippen molar-refractivity contribution in [2.45, 2.75) is 96.5 Å². The summed E-state index contributed by atoms with van der Waals surface area (Å²) in [5.74, 6) is -1.29. The monoisotopic (exact) mass is 592 g/mol. The molecular formula is C34H48N4O5. The van der Waals surface area contributed by atoms with Crippen LogP contribution in [0.25, 0.3) is 0 Å². The van der Waals surface area contributed by atoms with Crippen molar-refractivity contribution in [2.75, 3.05) is 6.61 Å². The van der Waals surface area contributed by atoms with Gasteiger partial charge < -0.3 is 26.4 Å². The molecule has 0 radical (unpaired) electrons. The predicted molar refractivity (Wildman–Crippen MR) is 167 cm³/mol. The number of amides is 3. The third-order valence-electron chi connectivity index (χ3n) is 7.62. The lowest BCUT2D eigenvalue weighted by Gasteiger charge is -2.27. The summed E-state index contributed by atoms with van der Waals surface area (Å²) in [5, 5.41) is 8.60. The van der Waals surface area contributed by atoms with E-state index < -0.39 is 47.5 Å². The number of nitrogens with two attached hydrogens (primary N) is 1. The van der Waals surface area contributed by atoms with Crippen molar-refractivity contribution in [2.24, 2.45) is 17.6 Å². The van der Waals surface area contributed by atoms with Gasteiger partial charge >= 0.3 is 0 Å². The molecule has 5 atom stereocenters. The molecule has 2 aromatic carbocycles. The van der Waals surface area contributed by atoms with Crippen LogP contribution < -0.4 is 21.7 Å². The van der Waals surface area contributed by atoms with Crippen LogP contribution in [-0.4, -0.2) is 59.9 Å². The van der Waals surface area contributed by atoms with Crippen LogP contribution in [-0.2, 0) is 36.8 Å². The second-order valence-corrected chi connectivity index (χ2v) is 12.6. The molecule has 1 fully saturated rings. The molecular weight excluding hydrogens is 544 g/mol. The van der Waals surface area contributed by atoms with Gasteiger partial charge in [-0.15, -0.1) is 0 Å². The smallest absolute Gasteiger partial charge is 0.243 e. The number of Topliss-reactive ketones (excluding diaryl/α,β-unsaturated/α-hetero) is 1. The van der Waals surface area contributed by atoms with Crippen molar-refractivity contribution in [3.63, 3.8) is 0 Å². The van der Waals surface area contributed by atoms with Crippen LogP contribution in [0.1, 0.15) is 65.0 Å². The Kier molecular flexibility index (Phi) is 12.5. The van der Waals surface area contributed by atoms with Crippen molar-refractivity contribution in [3.05, 3.63) is 71.8 Å². The molecule has 5 N–H and O–H groups in total. The number of benzene rings is 2. The van der Waals surface area contributed by atoms with E-state index in [1.54, 1.807) is 6.92 Å². The maximum absolute atomic E-state index is 13.7. The fourth-order valence-electron chi connectivity index (χ4n) is 5.01. The molecule has 234 valence electrons. The van der Waals surface area contributed by atoms with E-state index in [0.717, 1.165) is 11.1 Å². The Morgan fingerprint density at radius 3 is 1.74 bits per heavy atom. The first-order chi connectivity index (χ1) is 20.4. The van der Waals surface area contributed by atoms with Gasteiger partial charge in [-0.3, -0.25) is 19.2 Å². The average Bonchev–Trinajstić information content (AvgIpc) is 3.73.